The van der Waals surface area contributed by atoms with Crippen molar-refractivity contribution in [3.8, 4) is 0 Å². The van der Waals surface area contributed by atoms with Gasteiger partial charge in [0.05, 0.1) is 6.54 Å². The number of aromatic nitrogens is 3. The third-order valence-electron chi connectivity index (χ3n) is 5.45. The van der Waals surface area contributed by atoms with Gasteiger partial charge in [-0.25, -0.2) is 4.98 Å². The lowest BCUT2D eigenvalue weighted by Gasteiger charge is -2.35. The van der Waals surface area contributed by atoms with Gasteiger partial charge in [0.1, 0.15) is 12.1 Å². The summed E-state index contributed by atoms with van der Waals surface area (Å²) in [5.41, 5.74) is 5.24. The Balaban J connectivity index is 1.37. The van der Waals surface area contributed by atoms with Crippen molar-refractivity contribution in [3.05, 3.63) is 53.3 Å². The molecule has 1 saturated heterocycles. The minimum Gasteiger partial charge on any atom is -0.354 e. The molecular weight excluding hydrogens is 352 g/mol. The summed E-state index contributed by atoms with van der Waals surface area (Å²) in [6.07, 6.45) is 1.59. The molecule has 0 radical (unpaired) electrons. The van der Waals surface area contributed by atoms with E-state index in [0.717, 1.165) is 48.9 Å². The van der Waals surface area contributed by atoms with Crippen molar-refractivity contribution in [3.63, 3.8) is 0 Å². The zero-order valence-corrected chi connectivity index (χ0v) is 16.6. The largest absolute Gasteiger partial charge is 0.354 e. The quantitative estimate of drug-likeness (QED) is 0.755. The Morgan fingerprint density at radius 2 is 1.89 bits per heavy atom. The lowest BCUT2D eigenvalue weighted by atomic mass is 10.1. The Hall–Kier alpha value is -2.93. The molecule has 3 heterocycles. The van der Waals surface area contributed by atoms with Crippen LogP contribution < -0.4 is 10.2 Å². The van der Waals surface area contributed by atoms with Crippen LogP contribution in [-0.4, -0.2) is 58.1 Å². The van der Waals surface area contributed by atoms with Crippen LogP contribution in [0.15, 0.2) is 36.7 Å². The predicted molar refractivity (Wildman–Crippen MR) is 111 cm³/mol. The monoisotopic (exact) mass is 378 g/mol. The van der Waals surface area contributed by atoms with E-state index < -0.39 is 0 Å². The summed E-state index contributed by atoms with van der Waals surface area (Å²) < 4.78 is 1.88. The minimum absolute atomic E-state index is 0.0383. The number of nitrogens with one attached hydrogen (secondary N) is 1. The van der Waals surface area contributed by atoms with Gasteiger partial charge in [-0.2, -0.15) is 9.61 Å². The number of rotatable bonds is 4. The van der Waals surface area contributed by atoms with Crippen molar-refractivity contribution in [1.29, 1.82) is 0 Å². The molecule has 3 aromatic rings. The maximum atomic E-state index is 12.5. The number of aryl methyl sites for hydroxylation is 2. The summed E-state index contributed by atoms with van der Waals surface area (Å²) in [7, 11) is 0. The van der Waals surface area contributed by atoms with Gasteiger partial charge in [-0.1, -0.05) is 12.1 Å². The van der Waals surface area contributed by atoms with E-state index in [4.69, 9.17) is 0 Å². The maximum absolute atomic E-state index is 12.5. The van der Waals surface area contributed by atoms with E-state index in [2.05, 4.69) is 51.2 Å². The summed E-state index contributed by atoms with van der Waals surface area (Å²) in [5, 5.41) is 7.40. The second-order valence-electron chi connectivity index (χ2n) is 7.48. The molecule has 0 unspecified atom stereocenters. The summed E-state index contributed by atoms with van der Waals surface area (Å²) in [5.74, 6) is 1.10. The smallest absolute Gasteiger partial charge is 0.238 e. The highest BCUT2D eigenvalue weighted by Crippen LogP contribution is 2.20. The lowest BCUT2D eigenvalue weighted by molar-refractivity contribution is -0.117. The van der Waals surface area contributed by atoms with Crippen LogP contribution in [0.3, 0.4) is 0 Å². The van der Waals surface area contributed by atoms with Crippen LogP contribution in [0.1, 0.15) is 16.7 Å². The molecule has 1 aliphatic rings. The van der Waals surface area contributed by atoms with Gasteiger partial charge < -0.3 is 10.2 Å². The molecule has 0 aliphatic carbocycles. The zero-order chi connectivity index (χ0) is 19.7. The first-order chi connectivity index (χ1) is 13.5. The molecule has 0 saturated carbocycles. The standard InChI is InChI=1S/C21H26N6O/c1-15-11-19-22-14-23-27(19)21(12-15)26-9-7-25(8-10-26)13-20(28)24-18-6-4-5-16(2)17(18)3/h4-6,11-12,14H,7-10,13H2,1-3H3,(H,24,28). The van der Waals surface area contributed by atoms with Gasteiger partial charge in [0.15, 0.2) is 5.65 Å². The van der Waals surface area contributed by atoms with Crippen LogP contribution >= 0.6 is 0 Å². The number of anilines is 2. The Morgan fingerprint density at radius 3 is 2.68 bits per heavy atom. The maximum Gasteiger partial charge on any atom is 0.238 e. The summed E-state index contributed by atoms with van der Waals surface area (Å²) in [4.78, 5) is 21.3. The molecule has 1 amide bonds. The van der Waals surface area contributed by atoms with E-state index in [0.29, 0.717) is 6.54 Å². The van der Waals surface area contributed by atoms with Gasteiger partial charge in [-0.3, -0.25) is 9.69 Å². The number of hydrogen-bond donors (Lipinski definition) is 1. The molecule has 1 aliphatic heterocycles. The Morgan fingerprint density at radius 1 is 1.11 bits per heavy atom. The van der Waals surface area contributed by atoms with Crippen LogP contribution in [-0.2, 0) is 4.79 Å². The molecule has 1 aromatic carbocycles. The van der Waals surface area contributed by atoms with Crippen molar-refractivity contribution in [2.75, 3.05) is 42.9 Å². The van der Waals surface area contributed by atoms with Gasteiger partial charge in [-0.05, 0) is 55.7 Å². The molecule has 2 aromatic heterocycles. The van der Waals surface area contributed by atoms with Crippen molar-refractivity contribution in [2.24, 2.45) is 0 Å². The number of hydrogen-bond acceptors (Lipinski definition) is 5. The highest BCUT2D eigenvalue weighted by molar-refractivity contribution is 5.93. The van der Waals surface area contributed by atoms with Crippen molar-refractivity contribution >= 4 is 23.1 Å². The first kappa shape index (κ1) is 18.4. The van der Waals surface area contributed by atoms with E-state index >= 15 is 0 Å². The minimum atomic E-state index is 0.0383. The molecule has 7 nitrogen and oxygen atoms in total. The second kappa shape index (κ2) is 7.59. The molecule has 4 rings (SSSR count). The fraction of sp³-hybridized carbons (Fsp3) is 0.381. The summed E-state index contributed by atoms with van der Waals surface area (Å²) in [6, 6.07) is 10.2. The van der Waals surface area contributed by atoms with Gasteiger partial charge in [0.25, 0.3) is 0 Å². The molecule has 28 heavy (non-hydrogen) atoms. The van der Waals surface area contributed by atoms with E-state index in [9.17, 15) is 4.79 Å². The van der Waals surface area contributed by atoms with E-state index in [1.54, 1.807) is 6.33 Å². The second-order valence-corrected chi connectivity index (χ2v) is 7.48. The highest BCUT2D eigenvalue weighted by Gasteiger charge is 2.21. The van der Waals surface area contributed by atoms with Crippen LogP contribution in [0.4, 0.5) is 11.5 Å². The number of amides is 1. The third-order valence-corrected chi connectivity index (χ3v) is 5.45. The first-order valence-electron chi connectivity index (χ1n) is 9.65. The van der Waals surface area contributed by atoms with Crippen molar-refractivity contribution in [1.82, 2.24) is 19.5 Å². The topological polar surface area (TPSA) is 65.8 Å². The number of benzene rings is 1. The average molecular weight is 378 g/mol. The fourth-order valence-electron chi connectivity index (χ4n) is 3.68. The molecular formula is C21H26N6O. The normalized spacial score (nSPS) is 15.2. The van der Waals surface area contributed by atoms with Crippen molar-refractivity contribution < 1.29 is 4.79 Å². The summed E-state index contributed by atoms with van der Waals surface area (Å²) in [6.45, 7) is 9.97. The first-order valence-corrected chi connectivity index (χ1v) is 9.65. The molecule has 1 N–H and O–H groups in total. The molecule has 0 atom stereocenters. The van der Waals surface area contributed by atoms with Gasteiger partial charge in [-0.15, -0.1) is 0 Å². The molecule has 146 valence electrons. The molecule has 0 bridgehead atoms. The van der Waals surface area contributed by atoms with Crippen LogP contribution in [0, 0.1) is 20.8 Å². The number of nitrogens with zero attached hydrogens (tertiary/aromatic N) is 5. The van der Waals surface area contributed by atoms with E-state index in [1.165, 1.54) is 11.1 Å². The lowest BCUT2D eigenvalue weighted by Crippen LogP contribution is -2.49. The SMILES string of the molecule is Cc1cc(N2CCN(CC(=O)Nc3cccc(C)c3C)CC2)n2ncnc2c1. The zero-order valence-electron chi connectivity index (χ0n) is 16.6. The highest BCUT2D eigenvalue weighted by atomic mass is 16.2. The van der Waals surface area contributed by atoms with Gasteiger partial charge in [0, 0.05) is 31.9 Å². The van der Waals surface area contributed by atoms with E-state index in [-0.39, 0.29) is 5.91 Å². The van der Waals surface area contributed by atoms with Crippen molar-refractivity contribution in [2.45, 2.75) is 20.8 Å². The number of piperazine rings is 1. The predicted octanol–water partition coefficient (Wildman–Crippen LogP) is 2.42. The number of pyridine rings is 1. The third kappa shape index (κ3) is 3.71. The Labute approximate surface area is 165 Å². The van der Waals surface area contributed by atoms with Crippen LogP contribution in [0.2, 0.25) is 0 Å². The number of carbonyl (C=O) groups is 1. The summed E-state index contributed by atoms with van der Waals surface area (Å²) >= 11 is 0. The fourth-order valence-corrected chi connectivity index (χ4v) is 3.68. The molecule has 0 spiro atoms. The van der Waals surface area contributed by atoms with E-state index in [1.807, 2.05) is 29.6 Å². The molecule has 7 heteroatoms. The Kier molecular flexibility index (Phi) is 5.00. The number of fused-ring (bicyclic) bond motifs is 1. The average Bonchev–Trinajstić information content (AvgIpc) is 3.14. The molecule has 1 fully saturated rings. The Bertz CT molecular complexity index is 1000. The van der Waals surface area contributed by atoms with Gasteiger partial charge >= 0.3 is 0 Å². The van der Waals surface area contributed by atoms with Gasteiger partial charge in [0.2, 0.25) is 5.91 Å². The van der Waals surface area contributed by atoms with Crippen LogP contribution in [0.25, 0.3) is 5.65 Å². The number of carbonyl (C=O) groups excluding carboxylic acids is 1. The van der Waals surface area contributed by atoms with Crippen LogP contribution in [0.5, 0.6) is 0 Å².